The molecule has 0 radical (unpaired) electrons. The Balaban J connectivity index is 1.67. The van der Waals surface area contributed by atoms with E-state index in [1.54, 1.807) is 26.1 Å². The minimum atomic E-state index is -0.973. The molecule has 146 valence electrons. The van der Waals surface area contributed by atoms with Crippen molar-refractivity contribution in [3.05, 3.63) is 42.6 Å². The highest BCUT2D eigenvalue weighted by atomic mass is 16.5. The number of nitrogens with zero attached hydrogens (tertiary/aromatic N) is 3. The molecule has 0 amide bonds. The van der Waals surface area contributed by atoms with E-state index in [4.69, 9.17) is 14.6 Å². The van der Waals surface area contributed by atoms with Gasteiger partial charge in [-0.15, -0.1) is 5.10 Å². The number of ether oxygens (including phenoxy) is 2. The number of hydrogen-bond donors (Lipinski definition) is 2. The molecule has 2 aromatic heterocycles. The lowest BCUT2D eigenvalue weighted by molar-refractivity contribution is -0.148. The average Bonchev–Trinajstić information content (AvgIpc) is 3.16. The fourth-order valence-corrected chi connectivity index (χ4v) is 2.34. The predicted molar refractivity (Wildman–Crippen MR) is 103 cm³/mol. The van der Waals surface area contributed by atoms with Gasteiger partial charge in [0.25, 0.3) is 0 Å². The lowest BCUT2D eigenvalue weighted by Gasteiger charge is -2.18. The van der Waals surface area contributed by atoms with Crippen molar-refractivity contribution in [3.63, 3.8) is 0 Å². The maximum atomic E-state index is 11.1. The fraction of sp³-hybridized carbons (Fsp3) is 0.300. The number of hydrogen-bond acceptors (Lipinski definition) is 6. The van der Waals surface area contributed by atoms with Crippen molar-refractivity contribution < 1.29 is 19.4 Å². The molecule has 0 spiro atoms. The zero-order chi connectivity index (χ0) is 20.1. The number of benzene rings is 1. The molecule has 0 saturated heterocycles. The molecule has 0 unspecified atom stereocenters. The van der Waals surface area contributed by atoms with Crippen LogP contribution >= 0.6 is 0 Å². The Bertz CT molecular complexity index is 934. The first kappa shape index (κ1) is 19.3. The van der Waals surface area contributed by atoms with Gasteiger partial charge in [-0.3, -0.25) is 9.89 Å². The third-order valence-corrected chi connectivity index (χ3v) is 4.13. The lowest BCUT2D eigenvalue weighted by Crippen LogP contribution is -2.30. The Morgan fingerprint density at radius 3 is 2.36 bits per heavy atom. The maximum absolute atomic E-state index is 11.1. The Morgan fingerprint density at radius 2 is 1.75 bits per heavy atom. The van der Waals surface area contributed by atoms with E-state index in [0.29, 0.717) is 24.3 Å². The minimum absolute atomic E-state index is 0.0459. The number of carboxylic acids is 1. The van der Waals surface area contributed by atoms with Crippen molar-refractivity contribution in [1.82, 2.24) is 20.2 Å². The second-order valence-electron chi connectivity index (χ2n) is 6.84. The van der Waals surface area contributed by atoms with Crippen molar-refractivity contribution in [2.75, 3.05) is 13.2 Å². The number of nitrogens with one attached hydrogen (secondary N) is 1. The fourth-order valence-electron chi connectivity index (χ4n) is 2.34. The van der Waals surface area contributed by atoms with Crippen LogP contribution in [0, 0.1) is 5.41 Å². The van der Waals surface area contributed by atoms with Crippen LogP contribution in [0.1, 0.15) is 20.8 Å². The lowest BCUT2D eigenvalue weighted by atomic mass is 9.95. The van der Waals surface area contributed by atoms with Gasteiger partial charge in [0.15, 0.2) is 5.82 Å². The summed E-state index contributed by atoms with van der Waals surface area (Å²) in [4.78, 5) is 19.7. The predicted octanol–water partition coefficient (Wildman–Crippen LogP) is 3.42. The summed E-state index contributed by atoms with van der Waals surface area (Å²) in [6, 6.07) is 11.7. The highest BCUT2D eigenvalue weighted by molar-refractivity contribution is 5.73. The van der Waals surface area contributed by atoms with Crippen LogP contribution in [0.2, 0.25) is 0 Å². The standard InChI is InChI=1S/C20H22N4O4/c1-4-27-19-22-17(23-24-19)14-7-5-13(6-8-14)15-9-10-16(21-11-15)28-12-20(2,3)18(25)26/h5-11H,4,12H2,1-3H3,(H,25,26)(H,22,23,24). The molecule has 0 aliphatic carbocycles. The third-order valence-electron chi connectivity index (χ3n) is 4.13. The smallest absolute Gasteiger partial charge is 0.335 e. The van der Waals surface area contributed by atoms with Crippen LogP contribution in [0.5, 0.6) is 11.9 Å². The number of carboxylic acid groups (broad SMARTS) is 1. The van der Waals surface area contributed by atoms with Crippen LogP contribution in [-0.4, -0.2) is 44.5 Å². The molecule has 28 heavy (non-hydrogen) atoms. The Morgan fingerprint density at radius 1 is 1.07 bits per heavy atom. The number of pyridine rings is 1. The SMILES string of the molecule is CCOc1n[nH]c(-c2ccc(-c3ccc(OCC(C)(C)C(=O)O)nc3)cc2)n1. The number of aromatic amines is 1. The Kier molecular flexibility index (Phi) is 5.58. The number of rotatable bonds is 8. The second kappa shape index (κ2) is 8.08. The molecule has 0 atom stereocenters. The van der Waals surface area contributed by atoms with Crippen LogP contribution in [0.3, 0.4) is 0 Å². The van der Waals surface area contributed by atoms with Crippen LogP contribution in [0.15, 0.2) is 42.6 Å². The normalized spacial score (nSPS) is 11.2. The highest BCUT2D eigenvalue weighted by Gasteiger charge is 2.28. The van der Waals surface area contributed by atoms with Crippen LogP contribution in [0.25, 0.3) is 22.5 Å². The van der Waals surface area contributed by atoms with Gasteiger partial charge < -0.3 is 14.6 Å². The summed E-state index contributed by atoms with van der Waals surface area (Å²) in [6.45, 7) is 5.65. The highest BCUT2D eigenvalue weighted by Crippen LogP contribution is 2.25. The van der Waals surface area contributed by atoms with Crippen LogP contribution in [-0.2, 0) is 4.79 Å². The van der Waals surface area contributed by atoms with Gasteiger partial charge in [0, 0.05) is 23.4 Å². The molecule has 0 saturated carbocycles. The van der Waals surface area contributed by atoms with E-state index in [0.717, 1.165) is 16.7 Å². The van der Waals surface area contributed by atoms with Gasteiger partial charge in [0.05, 0.1) is 12.0 Å². The first-order valence-electron chi connectivity index (χ1n) is 8.87. The van der Waals surface area contributed by atoms with Gasteiger partial charge in [-0.25, -0.2) is 4.98 Å². The monoisotopic (exact) mass is 382 g/mol. The molecular weight excluding hydrogens is 360 g/mol. The number of H-pyrrole nitrogens is 1. The average molecular weight is 382 g/mol. The van der Waals surface area contributed by atoms with Crippen molar-refractivity contribution >= 4 is 5.97 Å². The maximum Gasteiger partial charge on any atom is 0.335 e. The van der Waals surface area contributed by atoms with E-state index in [2.05, 4.69) is 20.2 Å². The number of carbonyl (C=O) groups is 1. The van der Waals surface area contributed by atoms with E-state index in [1.165, 1.54) is 0 Å². The van der Waals surface area contributed by atoms with Gasteiger partial charge in [-0.05, 0) is 32.4 Å². The van der Waals surface area contributed by atoms with E-state index in [-0.39, 0.29) is 6.61 Å². The topological polar surface area (TPSA) is 110 Å². The van der Waals surface area contributed by atoms with E-state index < -0.39 is 11.4 Å². The molecule has 0 aliphatic rings. The summed E-state index contributed by atoms with van der Waals surface area (Å²) in [5.41, 5.74) is 1.83. The third kappa shape index (κ3) is 4.46. The summed E-state index contributed by atoms with van der Waals surface area (Å²) in [6.07, 6.45) is 1.69. The molecule has 1 aromatic carbocycles. The molecule has 2 N–H and O–H groups in total. The van der Waals surface area contributed by atoms with Crippen molar-refractivity contribution in [3.8, 4) is 34.4 Å². The van der Waals surface area contributed by atoms with Crippen molar-refractivity contribution in [2.24, 2.45) is 5.41 Å². The summed E-state index contributed by atoms with van der Waals surface area (Å²) in [7, 11) is 0. The molecule has 8 nitrogen and oxygen atoms in total. The quantitative estimate of drug-likeness (QED) is 0.614. The molecular formula is C20H22N4O4. The molecule has 0 aliphatic heterocycles. The Hall–Kier alpha value is -3.42. The number of aliphatic carboxylic acids is 1. The van der Waals surface area contributed by atoms with Crippen LogP contribution in [0.4, 0.5) is 0 Å². The summed E-state index contributed by atoms with van der Waals surface area (Å²) in [5, 5.41) is 16.0. The summed E-state index contributed by atoms with van der Waals surface area (Å²) < 4.78 is 10.8. The van der Waals surface area contributed by atoms with Crippen molar-refractivity contribution in [1.29, 1.82) is 0 Å². The van der Waals surface area contributed by atoms with Gasteiger partial charge in [-0.2, -0.15) is 4.98 Å². The van der Waals surface area contributed by atoms with Crippen molar-refractivity contribution in [2.45, 2.75) is 20.8 Å². The molecule has 2 heterocycles. The van der Waals surface area contributed by atoms with E-state index in [1.807, 2.05) is 37.3 Å². The Labute approximate surface area is 162 Å². The van der Waals surface area contributed by atoms with Gasteiger partial charge in [0.2, 0.25) is 5.88 Å². The zero-order valence-electron chi connectivity index (χ0n) is 16.0. The summed E-state index contributed by atoms with van der Waals surface area (Å²) >= 11 is 0. The second-order valence-corrected chi connectivity index (χ2v) is 6.84. The largest absolute Gasteiger partial charge is 0.481 e. The summed E-state index contributed by atoms with van der Waals surface area (Å²) in [5.74, 6) is 0.113. The molecule has 8 heteroatoms. The minimum Gasteiger partial charge on any atom is -0.481 e. The van der Waals surface area contributed by atoms with E-state index >= 15 is 0 Å². The van der Waals surface area contributed by atoms with Gasteiger partial charge in [-0.1, -0.05) is 24.3 Å². The molecule has 3 rings (SSSR count). The molecule has 0 bridgehead atoms. The van der Waals surface area contributed by atoms with Crippen LogP contribution < -0.4 is 9.47 Å². The number of aromatic nitrogens is 4. The molecule has 0 fully saturated rings. The van der Waals surface area contributed by atoms with Gasteiger partial charge in [0.1, 0.15) is 6.61 Å². The first-order chi connectivity index (χ1) is 13.4. The zero-order valence-corrected chi connectivity index (χ0v) is 16.0. The van der Waals surface area contributed by atoms with E-state index in [9.17, 15) is 4.79 Å². The first-order valence-corrected chi connectivity index (χ1v) is 8.87. The molecule has 3 aromatic rings. The van der Waals surface area contributed by atoms with Gasteiger partial charge >= 0.3 is 12.0 Å².